The van der Waals surface area contributed by atoms with Crippen LogP contribution in [0.4, 0.5) is 11.4 Å². The van der Waals surface area contributed by atoms with Crippen molar-refractivity contribution in [2.24, 2.45) is 5.41 Å². The zero-order chi connectivity index (χ0) is 16.5. The lowest BCUT2D eigenvalue weighted by molar-refractivity contribution is -0.384. The van der Waals surface area contributed by atoms with Crippen LogP contribution < -0.4 is 4.90 Å². The third-order valence-electron chi connectivity index (χ3n) is 4.25. The number of sulfone groups is 1. The molecule has 2 rings (SSSR count). The highest BCUT2D eigenvalue weighted by atomic mass is 32.2. The molecule has 1 aliphatic heterocycles. The zero-order valence-corrected chi connectivity index (χ0v) is 14.0. The van der Waals surface area contributed by atoms with Gasteiger partial charge in [0, 0.05) is 25.4 Å². The van der Waals surface area contributed by atoms with E-state index >= 15 is 0 Å². The second-order valence-corrected chi connectivity index (χ2v) is 8.70. The molecule has 1 heterocycles. The molecule has 0 aromatic heterocycles. The van der Waals surface area contributed by atoms with E-state index in [-0.39, 0.29) is 16.0 Å². The first kappa shape index (κ1) is 16.7. The molecule has 0 atom stereocenters. The second-order valence-electron chi connectivity index (χ2n) is 6.68. The first-order chi connectivity index (χ1) is 10.1. The quantitative estimate of drug-likeness (QED) is 0.630. The van der Waals surface area contributed by atoms with Gasteiger partial charge in [-0.05, 0) is 36.8 Å². The molecule has 0 spiro atoms. The lowest BCUT2D eigenvalue weighted by Gasteiger charge is -2.24. The molecule has 1 aromatic rings. The van der Waals surface area contributed by atoms with Crippen LogP contribution in [-0.2, 0) is 9.84 Å². The molecule has 6 nitrogen and oxygen atoms in total. The van der Waals surface area contributed by atoms with Gasteiger partial charge in [0.2, 0.25) is 0 Å². The number of rotatable bonds is 3. The molecule has 0 amide bonds. The maximum atomic E-state index is 11.6. The van der Waals surface area contributed by atoms with Crippen LogP contribution in [0.5, 0.6) is 0 Å². The van der Waals surface area contributed by atoms with Crippen molar-refractivity contribution in [3.8, 4) is 0 Å². The molecule has 1 fully saturated rings. The van der Waals surface area contributed by atoms with Crippen LogP contribution in [0.2, 0.25) is 0 Å². The van der Waals surface area contributed by atoms with E-state index < -0.39 is 14.8 Å². The van der Waals surface area contributed by atoms with Crippen molar-refractivity contribution in [2.75, 3.05) is 24.2 Å². The average molecular weight is 326 g/mol. The summed E-state index contributed by atoms with van der Waals surface area (Å²) >= 11 is 0. The van der Waals surface area contributed by atoms with Gasteiger partial charge in [0.15, 0.2) is 9.84 Å². The van der Waals surface area contributed by atoms with Gasteiger partial charge in [0.25, 0.3) is 5.69 Å². The average Bonchev–Trinajstić information content (AvgIpc) is 2.58. The van der Waals surface area contributed by atoms with Crippen LogP contribution in [0.3, 0.4) is 0 Å². The van der Waals surface area contributed by atoms with Crippen molar-refractivity contribution in [3.63, 3.8) is 0 Å². The summed E-state index contributed by atoms with van der Waals surface area (Å²) in [4.78, 5) is 12.8. The number of benzene rings is 1. The fraction of sp³-hybridized carbons (Fsp3) is 0.600. The van der Waals surface area contributed by atoms with Crippen molar-refractivity contribution >= 4 is 21.2 Å². The minimum absolute atomic E-state index is 0.0156. The summed E-state index contributed by atoms with van der Waals surface area (Å²) in [6, 6.07) is 4.18. The molecule has 1 aliphatic rings. The van der Waals surface area contributed by atoms with E-state index in [1.165, 1.54) is 12.1 Å². The van der Waals surface area contributed by atoms with Crippen molar-refractivity contribution in [1.29, 1.82) is 0 Å². The molecule has 122 valence electrons. The Bertz CT molecular complexity index is 683. The van der Waals surface area contributed by atoms with E-state index in [2.05, 4.69) is 13.8 Å². The third kappa shape index (κ3) is 3.76. The van der Waals surface area contributed by atoms with Crippen molar-refractivity contribution in [1.82, 2.24) is 0 Å². The van der Waals surface area contributed by atoms with Gasteiger partial charge in [-0.3, -0.25) is 10.1 Å². The Kier molecular flexibility index (Phi) is 4.47. The van der Waals surface area contributed by atoms with E-state index in [1.807, 2.05) is 4.90 Å². The molecule has 0 unspecified atom stereocenters. The van der Waals surface area contributed by atoms with Gasteiger partial charge in [0.1, 0.15) is 5.69 Å². The lowest BCUT2D eigenvalue weighted by Crippen LogP contribution is -2.25. The molecule has 0 aliphatic carbocycles. The molecular formula is C15H22N2O4S. The Morgan fingerprint density at radius 3 is 2.50 bits per heavy atom. The first-order valence-corrected chi connectivity index (χ1v) is 9.23. The van der Waals surface area contributed by atoms with E-state index in [1.54, 1.807) is 6.07 Å². The summed E-state index contributed by atoms with van der Waals surface area (Å²) < 4.78 is 23.2. The van der Waals surface area contributed by atoms with E-state index in [4.69, 9.17) is 0 Å². The standard InChI is InChI=1S/C15H22N2O4S/c1-15(2)7-4-9-16(10-8-15)13-6-5-12(22(3,20)21)11-14(13)17(18)19/h5-6,11H,4,7-10H2,1-3H3. The Balaban J connectivity index is 2.40. The Morgan fingerprint density at radius 1 is 1.23 bits per heavy atom. The number of hydrogen-bond donors (Lipinski definition) is 0. The molecule has 1 saturated heterocycles. The normalized spacial score (nSPS) is 18.8. The van der Waals surface area contributed by atoms with Gasteiger partial charge < -0.3 is 4.90 Å². The molecule has 1 aromatic carbocycles. The molecule has 7 heteroatoms. The minimum atomic E-state index is -3.46. The molecule has 0 bridgehead atoms. The SMILES string of the molecule is CC1(C)CCCN(c2ccc(S(C)(=O)=O)cc2[N+](=O)[O-])CC1. The topological polar surface area (TPSA) is 80.5 Å². The Labute approximate surface area is 131 Å². The van der Waals surface area contributed by atoms with Crippen LogP contribution in [0.1, 0.15) is 33.1 Å². The highest BCUT2D eigenvalue weighted by Crippen LogP contribution is 2.36. The van der Waals surface area contributed by atoms with Crippen molar-refractivity contribution in [2.45, 2.75) is 38.0 Å². The van der Waals surface area contributed by atoms with E-state index in [0.717, 1.165) is 38.6 Å². The van der Waals surface area contributed by atoms with Crippen LogP contribution >= 0.6 is 0 Å². The molecular weight excluding hydrogens is 304 g/mol. The van der Waals surface area contributed by atoms with Gasteiger partial charge >= 0.3 is 0 Å². The second kappa shape index (κ2) is 5.87. The summed E-state index contributed by atoms with van der Waals surface area (Å²) in [5.74, 6) is 0. The van der Waals surface area contributed by atoms with Gasteiger partial charge in [-0.2, -0.15) is 0 Å². The molecule has 22 heavy (non-hydrogen) atoms. The van der Waals surface area contributed by atoms with Gasteiger partial charge in [-0.25, -0.2) is 8.42 Å². The molecule has 0 radical (unpaired) electrons. The number of hydrogen-bond acceptors (Lipinski definition) is 5. The number of nitro groups is 1. The number of nitro benzene ring substituents is 1. The van der Waals surface area contributed by atoms with Crippen LogP contribution in [0, 0.1) is 15.5 Å². The summed E-state index contributed by atoms with van der Waals surface area (Å²) in [5, 5.41) is 11.3. The predicted octanol–water partition coefficient (Wildman–Crippen LogP) is 3.01. The largest absolute Gasteiger partial charge is 0.366 e. The predicted molar refractivity (Wildman–Crippen MR) is 86.1 cm³/mol. The first-order valence-electron chi connectivity index (χ1n) is 7.34. The minimum Gasteiger partial charge on any atom is -0.366 e. The molecule has 0 saturated carbocycles. The maximum Gasteiger partial charge on any atom is 0.293 e. The zero-order valence-electron chi connectivity index (χ0n) is 13.2. The third-order valence-corrected chi connectivity index (χ3v) is 5.36. The Morgan fingerprint density at radius 2 is 1.91 bits per heavy atom. The summed E-state index contributed by atoms with van der Waals surface area (Å²) in [7, 11) is -3.46. The smallest absolute Gasteiger partial charge is 0.293 e. The van der Waals surface area contributed by atoms with Crippen LogP contribution in [-0.4, -0.2) is 32.7 Å². The fourth-order valence-electron chi connectivity index (χ4n) is 2.81. The highest BCUT2D eigenvalue weighted by Gasteiger charge is 2.27. The highest BCUT2D eigenvalue weighted by molar-refractivity contribution is 7.90. The lowest BCUT2D eigenvalue weighted by atomic mass is 9.85. The monoisotopic (exact) mass is 326 g/mol. The van der Waals surface area contributed by atoms with E-state index in [0.29, 0.717) is 5.69 Å². The van der Waals surface area contributed by atoms with Gasteiger partial charge in [-0.15, -0.1) is 0 Å². The fourth-order valence-corrected chi connectivity index (χ4v) is 3.45. The van der Waals surface area contributed by atoms with Crippen molar-refractivity contribution < 1.29 is 13.3 Å². The number of nitrogens with zero attached hydrogens (tertiary/aromatic N) is 2. The summed E-state index contributed by atoms with van der Waals surface area (Å²) in [5.41, 5.74) is 0.605. The Hall–Kier alpha value is -1.63. The summed E-state index contributed by atoms with van der Waals surface area (Å²) in [6.45, 7) is 5.91. The van der Waals surface area contributed by atoms with Gasteiger partial charge in [0.05, 0.1) is 9.82 Å². The maximum absolute atomic E-state index is 11.6. The van der Waals surface area contributed by atoms with E-state index in [9.17, 15) is 18.5 Å². The van der Waals surface area contributed by atoms with Gasteiger partial charge in [-0.1, -0.05) is 13.8 Å². The molecule has 0 N–H and O–H groups in total. The van der Waals surface area contributed by atoms with Crippen LogP contribution in [0.15, 0.2) is 23.1 Å². The summed E-state index contributed by atoms with van der Waals surface area (Å²) in [6.07, 6.45) is 4.06. The van der Waals surface area contributed by atoms with Crippen molar-refractivity contribution in [3.05, 3.63) is 28.3 Å². The van der Waals surface area contributed by atoms with Crippen LogP contribution in [0.25, 0.3) is 0 Å². The number of anilines is 1.